The molecule has 0 atom stereocenters. The molecule has 0 aliphatic rings. The molecule has 0 amide bonds. The Kier molecular flexibility index (Phi) is 2.57. The van der Waals surface area contributed by atoms with Crippen LogP contribution in [0.2, 0.25) is 0 Å². The van der Waals surface area contributed by atoms with E-state index in [4.69, 9.17) is 5.11 Å². The van der Waals surface area contributed by atoms with E-state index in [0.717, 1.165) is 6.07 Å². The summed E-state index contributed by atoms with van der Waals surface area (Å²) < 4.78 is 4.54. The van der Waals surface area contributed by atoms with Gasteiger partial charge < -0.3 is 9.63 Å². The minimum absolute atomic E-state index is 0.120. The molecule has 7 nitrogen and oxygen atoms in total. The Morgan fingerprint density at radius 3 is 2.71 bits per heavy atom. The molecular weight excluding hydrogens is 228 g/mol. The van der Waals surface area contributed by atoms with E-state index in [9.17, 15) is 14.9 Å². The Balaban J connectivity index is 2.52. The highest BCUT2D eigenvalue weighted by Crippen LogP contribution is 2.28. The molecule has 1 aromatic heterocycles. The number of nitrogens with zero attached hydrogens (tertiary/aromatic N) is 2. The number of hydrogen-bond acceptors (Lipinski definition) is 5. The maximum absolute atomic E-state index is 10.8. The first kappa shape index (κ1) is 10.8. The van der Waals surface area contributed by atoms with Crippen molar-refractivity contribution in [2.45, 2.75) is 0 Å². The number of para-hydroxylation sites is 1. The van der Waals surface area contributed by atoms with Gasteiger partial charge in [0.15, 0.2) is 0 Å². The summed E-state index contributed by atoms with van der Waals surface area (Å²) in [5.74, 6) is -1.64. The quantitative estimate of drug-likeness (QED) is 0.642. The normalized spacial score (nSPS) is 10.1. The Labute approximate surface area is 94.4 Å². The molecule has 86 valence electrons. The van der Waals surface area contributed by atoms with Gasteiger partial charge in [0.2, 0.25) is 5.76 Å². The van der Waals surface area contributed by atoms with Crippen molar-refractivity contribution in [3.05, 3.63) is 46.2 Å². The number of benzene rings is 1. The molecule has 0 fully saturated rings. The topological polar surface area (TPSA) is 106 Å². The van der Waals surface area contributed by atoms with Crippen molar-refractivity contribution in [3.63, 3.8) is 0 Å². The Bertz CT molecular complexity index is 590. The van der Waals surface area contributed by atoms with Crippen LogP contribution in [0.4, 0.5) is 5.69 Å². The van der Waals surface area contributed by atoms with Gasteiger partial charge in [-0.3, -0.25) is 10.1 Å². The molecule has 2 aromatic rings. The summed E-state index contributed by atoms with van der Waals surface area (Å²) in [6, 6.07) is 7.04. The highest BCUT2D eigenvalue weighted by atomic mass is 16.6. The molecule has 1 N–H and O–H groups in total. The monoisotopic (exact) mass is 234 g/mol. The third-order valence-electron chi connectivity index (χ3n) is 2.10. The summed E-state index contributed by atoms with van der Waals surface area (Å²) in [6.07, 6.45) is 0. The third kappa shape index (κ3) is 1.98. The molecular formula is C10H6N2O5. The van der Waals surface area contributed by atoms with Crippen LogP contribution in [-0.4, -0.2) is 21.2 Å². The largest absolute Gasteiger partial charge is 0.475 e. The van der Waals surface area contributed by atoms with Crippen molar-refractivity contribution in [3.8, 4) is 11.3 Å². The second kappa shape index (κ2) is 4.05. The fraction of sp³-hybridized carbons (Fsp3) is 0. The number of carbonyl (C=O) groups is 1. The van der Waals surface area contributed by atoms with Crippen LogP contribution in [0.5, 0.6) is 0 Å². The van der Waals surface area contributed by atoms with Crippen LogP contribution in [0, 0.1) is 10.1 Å². The molecule has 17 heavy (non-hydrogen) atoms. The van der Waals surface area contributed by atoms with Crippen molar-refractivity contribution in [1.29, 1.82) is 0 Å². The second-order valence-electron chi connectivity index (χ2n) is 3.16. The van der Waals surface area contributed by atoms with Crippen molar-refractivity contribution in [2.75, 3.05) is 0 Å². The van der Waals surface area contributed by atoms with Crippen molar-refractivity contribution in [1.82, 2.24) is 5.16 Å². The number of carboxylic acid groups (broad SMARTS) is 1. The van der Waals surface area contributed by atoms with E-state index in [0.29, 0.717) is 0 Å². The van der Waals surface area contributed by atoms with Crippen LogP contribution in [0.3, 0.4) is 0 Å². The van der Waals surface area contributed by atoms with E-state index in [2.05, 4.69) is 9.68 Å². The fourth-order valence-electron chi connectivity index (χ4n) is 1.35. The first-order valence-electron chi connectivity index (χ1n) is 4.53. The van der Waals surface area contributed by atoms with Gasteiger partial charge in [0.05, 0.1) is 10.5 Å². The van der Waals surface area contributed by atoms with Crippen LogP contribution in [0.15, 0.2) is 34.9 Å². The summed E-state index contributed by atoms with van der Waals surface area (Å²) in [5.41, 5.74) is 0.182. The first-order valence-corrected chi connectivity index (χ1v) is 4.53. The SMILES string of the molecule is O=C(O)c1cc(-c2ccccc2[N+](=O)[O-])no1. The molecule has 1 aromatic carbocycles. The number of aromatic carboxylic acids is 1. The maximum Gasteiger partial charge on any atom is 0.374 e. The van der Waals surface area contributed by atoms with E-state index < -0.39 is 10.9 Å². The average molecular weight is 234 g/mol. The molecule has 1 heterocycles. The standard InChI is InChI=1S/C10H6N2O5/c13-10(14)9-5-7(11-17-9)6-3-1-2-4-8(6)12(15)16/h1-5H,(H,13,14). The highest BCUT2D eigenvalue weighted by Gasteiger charge is 2.19. The van der Waals surface area contributed by atoms with Gasteiger partial charge in [0.1, 0.15) is 5.69 Å². The first-order chi connectivity index (χ1) is 8.09. The molecule has 0 unspecified atom stereocenters. The number of aromatic nitrogens is 1. The van der Waals surface area contributed by atoms with Crippen LogP contribution in [0.25, 0.3) is 11.3 Å². The van der Waals surface area contributed by atoms with E-state index in [1.54, 1.807) is 6.07 Å². The van der Waals surface area contributed by atoms with Crippen LogP contribution in [0.1, 0.15) is 10.6 Å². The molecule has 0 saturated heterocycles. The zero-order chi connectivity index (χ0) is 12.4. The van der Waals surface area contributed by atoms with Gasteiger partial charge in [-0.25, -0.2) is 4.79 Å². The van der Waals surface area contributed by atoms with Crippen molar-refractivity contribution >= 4 is 11.7 Å². The van der Waals surface area contributed by atoms with Crippen molar-refractivity contribution < 1.29 is 19.3 Å². The molecule has 0 bridgehead atoms. The van der Waals surface area contributed by atoms with Crippen LogP contribution < -0.4 is 0 Å². The fourth-order valence-corrected chi connectivity index (χ4v) is 1.35. The maximum atomic E-state index is 10.8. The lowest BCUT2D eigenvalue weighted by Crippen LogP contribution is -1.92. The lowest BCUT2D eigenvalue weighted by atomic mass is 10.1. The van der Waals surface area contributed by atoms with E-state index >= 15 is 0 Å². The number of rotatable bonds is 3. The molecule has 0 radical (unpaired) electrons. The number of carboxylic acids is 1. The average Bonchev–Trinajstić information content (AvgIpc) is 2.78. The summed E-state index contributed by atoms with van der Waals surface area (Å²) in [5, 5.41) is 22.9. The predicted octanol–water partition coefficient (Wildman–Crippen LogP) is 1.95. The van der Waals surface area contributed by atoms with Gasteiger partial charge in [0.25, 0.3) is 5.69 Å². The summed E-state index contributed by atoms with van der Waals surface area (Å²) in [4.78, 5) is 20.8. The second-order valence-corrected chi connectivity index (χ2v) is 3.16. The van der Waals surface area contributed by atoms with Crippen LogP contribution >= 0.6 is 0 Å². The van der Waals surface area contributed by atoms with Gasteiger partial charge in [-0.1, -0.05) is 17.3 Å². The van der Waals surface area contributed by atoms with E-state index in [1.807, 2.05) is 0 Å². The summed E-state index contributed by atoms with van der Waals surface area (Å²) in [6.45, 7) is 0. The zero-order valence-electron chi connectivity index (χ0n) is 8.36. The Morgan fingerprint density at radius 1 is 1.41 bits per heavy atom. The predicted molar refractivity (Wildman–Crippen MR) is 55.6 cm³/mol. The number of nitro groups is 1. The molecule has 0 saturated carbocycles. The zero-order valence-corrected chi connectivity index (χ0v) is 8.36. The highest BCUT2D eigenvalue weighted by molar-refractivity contribution is 5.86. The van der Waals surface area contributed by atoms with Crippen LogP contribution in [-0.2, 0) is 0 Å². The van der Waals surface area contributed by atoms with Gasteiger partial charge >= 0.3 is 5.97 Å². The molecule has 0 spiro atoms. The van der Waals surface area contributed by atoms with E-state index in [-0.39, 0.29) is 22.7 Å². The lowest BCUT2D eigenvalue weighted by molar-refractivity contribution is -0.384. The number of hydrogen-bond donors (Lipinski definition) is 1. The minimum Gasteiger partial charge on any atom is -0.475 e. The Morgan fingerprint density at radius 2 is 2.12 bits per heavy atom. The summed E-state index contributed by atoms with van der Waals surface area (Å²) in [7, 11) is 0. The molecule has 2 rings (SSSR count). The summed E-state index contributed by atoms with van der Waals surface area (Å²) >= 11 is 0. The molecule has 7 heteroatoms. The minimum atomic E-state index is -1.28. The van der Waals surface area contributed by atoms with E-state index in [1.165, 1.54) is 18.2 Å². The molecule has 0 aliphatic heterocycles. The smallest absolute Gasteiger partial charge is 0.374 e. The third-order valence-corrected chi connectivity index (χ3v) is 2.10. The van der Waals surface area contributed by atoms with Gasteiger partial charge in [-0.2, -0.15) is 0 Å². The van der Waals surface area contributed by atoms with Gasteiger partial charge in [0, 0.05) is 12.1 Å². The van der Waals surface area contributed by atoms with Crippen molar-refractivity contribution in [2.24, 2.45) is 0 Å². The van der Waals surface area contributed by atoms with Gasteiger partial charge in [-0.15, -0.1) is 0 Å². The number of nitro benzene ring substituents is 1. The van der Waals surface area contributed by atoms with Gasteiger partial charge in [-0.05, 0) is 6.07 Å². The Hall–Kier alpha value is -2.70. The molecule has 0 aliphatic carbocycles. The lowest BCUT2D eigenvalue weighted by Gasteiger charge is -1.96.